The quantitative estimate of drug-likeness (QED) is 0.757. The van der Waals surface area contributed by atoms with Crippen LogP contribution in [-0.2, 0) is 19.3 Å². The molecule has 0 radical (unpaired) electrons. The van der Waals surface area contributed by atoms with Crippen molar-refractivity contribution in [1.29, 1.82) is 0 Å². The molecule has 0 spiro atoms. The maximum absolute atomic E-state index is 11.1. The predicted molar refractivity (Wildman–Crippen MR) is 108 cm³/mol. The Bertz CT molecular complexity index is 1010. The lowest BCUT2D eigenvalue weighted by molar-refractivity contribution is 0.133. The van der Waals surface area contributed by atoms with Crippen LogP contribution < -0.4 is 5.76 Å². The van der Waals surface area contributed by atoms with Crippen LogP contribution >= 0.6 is 0 Å². The number of rotatable bonds is 4. The third-order valence-corrected chi connectivity index (χ3v) is 6.27. The molecule has 1 aliphatic heterocycles. The van der Waals surface area contributed by atoms with Crippen molar-refractivity contribution in [3.63, 3.8) is 0 Å². The third kappa shape index (κ3) is 3.54. The predicted octanol–water partition coefficient (Wildman–Crippen LogP) is 3.57. The molecule has 3 aromatic rings. The van der Waals surface area contributed by atoms with Crippen LogP contribution in [0.1, 0.15) is 41.5 Å². The molecule has 1 fully saturated rings. The molecular formula is C23H25N3O2. The van der Waals surface area contributed by atoms with Crippen LogP contribution in [0.2, 0.25) is 0 Å². The van der Waals surface area contributed by atoms with Crippen LogP contribution in [0.4, 0.5) is 0 Å². The van der Waals surface area contributed by atoms with Gasteiger partial charge in [0.1, 0.15) is 0 Å². The molecule has 0 saturated heterocycles. The highest BCUT2D eigenvalue weighted by atomic mass is 16.5. The van der Waals surface area contributed by atoms with Crippen LogP contribution in [-0.4, -0.2) is 34.2 Å². The number of fused-ring (bicyclic) bond motifs is 1. The van der Waals surface area contributed by atoms with Crippen LogP contribution in [0.5, 0.6) is 0 Å². The summed E-state index contributed by atoms with van der Waals surface area (Å²) in [6.45, 7) is 2.41. The first kappa shape index (κ1) is 17.4. The minimum absolute atomic E-state index is 0.470. The molecule has 2 heterocycles. The second-order valence-corrected chi connectivity index (χ2v) is 8.03. The van der Waals surface area contributed by atoms with E-state index in [4.69, 9.17) is 0 Å². The fraction of sp³-hybridized carbons (Fsp3) is 0.391. The summed E-state index contributed by atoms with van der Waals surface area (Å²) in [5, 5.41) is 2.55. The topological polar surface area (TPSA) is 62.1 Å². The molecule has 0 amide bonds. The van der Waals surface area contributed by atoms with Crippen molar-refractivity contribution in [2.24, 2.45) is 0 Å². The number of H-pyrrole nitrogens is 1. The summed E-state index contributed by atoms with van der Waals surface area (Å²) in [7, 11) is 0. The second-order valence-electron chi connectivity index (χ2n) is 8.03. The first-order chi connectivity index (χ1) is 13.7. The van der Waals surface area contributed by atoms with Crippen molar-refractivity contribution >= 4 is 0 Å². The SMILES string of the molecule is O=c1nc(-c2ccc(Cc3ccc4c(c3)CCN(C3CCC3)CC4)cc2)[nH]o1. The maximum atomic E-state index is 11.1. The smallest absolute Gasteiger partial charge is 0.321 e. The molecule has 5 rings (SSSR count). The Morgan fingerprint density at radius 2 is 1.75 bits per heavy atom. The number of aromatic nitrogens is 2. The number of aromatic amines is 1. The summed E-state index contributed by atoms with van der Waals surface area (Å²) in [4.78, 5) is 17.6. The van der Waals surface area contributed by atoms with E-state index in [9.17, 15) is 4.79 Å². The van der Waals surface area contributed by atoms with Crippen molar-refractivity contribution in [2.45, 2.75) is 44.6 Å². The van der Waals surface area contributed by atoms with E-state index >= 15 is 0 Å². The van der Waals surface area contributed by atoms with E-state index in [1.54, 1.807) is 0 Å². The number of hydrogen-bond donors (Lipinski definition) is 1. The molecule has 1 N–H and O–H groups in total. The summed E-state index contributed by atoms with van der Waals surface area (Å²) >= 11 is 0. The van der Waals surface area contributed by atoms with Gasteiger partial charge in [0.05, 0.1) is 0 Å². The Kier molecular flexibility index (Phi) is 4.61. The largest absolute Gasteiger partial charge is 0.460 e. The normalized spacial score (nSPS) is 17.7. The summed E-state index contributed by atoms with van der Waals surface area (Å²) < 4.78 is 4.65. The average Bonchev–Trinajstić information content (AvgIpc) is 3.00. The van der Waals surface area contributed by atoms with Crippen LogP contribution in [0.3, 0.4) is 0 Å². The van der Waals surface area contributed by atoms with Crippen LogP contribution in [0, 0.1) is 0 Å². The van der Waals surface area contributed by atoms with E-state index in [-0.39, 0.29) is 0 Å². The average molecular weight is 375 g/mol. The molecule has 5 heteroatoms. The zero-order valence-electron chi connectivity index (χ0n) is 16.0. The molecule has 2 aliphatic rings. The maximum Gasteiger partial charge on any atom is 0.460 e. The highest BCUT2D eigenvalue weighted by molar-refractivity contribution is 5.54. The standard InChI is InChI=1S/C23H25N3O2/c27-23-24-22(25-28-23)19-8-4-16(5-9-19)14-17-6-7-18-10-12-26(21-2-1-3-21)13-11-20(18)15-17/h4-9,15,21H,1-3,10-14H2,(H,24,25,27). The van der Waals surface area contributed by atoms with Gasteiger partial charge in [0.25, 0.3) is 0 Å². The van der Waals surface area contributed by atoms with E-state index in [2.05, 4.69) is 49.9 Å². The highest BCUT2D eigenvalue weighted by Crippen LogP contribution is 2.28. The van der Waals surface area contributed by atoms with E-state index < -0.39 is 5.76 Å². The number of benzene rings is 2. The summed E-state index contributed by atoms with van der Waals surface area (Å²) in [6.07, 6.45) is 7.44. The van der Waals surface area contributed by atoms with Gasteiger partial charge in [-0.2, -0.15) is 10.1 Å². The molecule has 0 unspecified atom stereocenters. The van der Waals surface area contributed by atoms with Gasteiger partial charge in [-0.1, -0.05) is 48.9 Å². The highest BCUT2D eigenvalue weighted by Gasteiger charge is 2.26. The third-order valence-electron chi connectivity index (χ3n) is 6.27. The van der Waals surface area contributed by atoms with Gasteiger partial charge in [0.2, 0.25) is 0 Å². The minimum atomic E-state index is -0.597. The Balaban J connectivity index is 1.29. The number of nitrogens with one attached hydrogen (secondary N) is 1. The van der Waals surface area contributed by atoms with Gasteiger partial charge in [0, 0.05) is 24.7 Å². The number of hydrogen-bond acceptors (Lipinski definition) is 4. The summed E-state index contributed by atoms with van der Waals surface area (Å²) in [5.41, 5.74) is 6.51. The van der Waals surface area contributed by atoms with E-state index in [1.807, 2.05) is 12.1 Å². The molecule has 1 aromatic heterocycles. The van der Waals surface area contributed by atoms with Crippen LogP contribution in [0.15, 0.2) is 51.8 Å². The summed E-state index contributed by atoms with van der Waals surface area (Å²) in [5.74, 6) is -0.127. The van der Waals surface area contributed by atoms with Crippen molar-refractivity contribution in [1.82, 2.24) is 15.0 Å². The fourth-order valence-corrected chi connectivity index (χ4v) is 4.39. The Morgan fingerprint density at radius 3 is 2.43 bits per heavy atom. The van der Waals surface area contributed by atoms with E-state index in [1.165, 1.54) is 61.0 Å². The van der Waals surface area contributed by atoms with Crippen molar-refractivity contribution in [3.8, 4) is 11.4 Å². The van der Waals surface area contributed by atoms with Crippen LogP contribution in [0.25, 0.3) is 11.4 Å². The van der Waals surface area contributed by atoms with Gasteiger partial charge in [-0.05, 0) is 54.4 Å². The van der Waals surface area contributed by atoms with Gasteiger partial charge in [-0.15, -0.1) is 0 Å². The fourth-order valence-electron chi connectivity index (χ4n) is 4.39. The molecule has 144 valence electrons. The van der Waals surface area contributed by atoms with Gasteiger partial charge >= 0.3 is 5.76 Å². The zero-order chi connectivity index (χ0) is 18.9. The monoisotopic (exact) mass is 375 g/mol. The first-order valence-corrected chi connectivity index (χ1v) is 10.2. The zero-order valence-corrected chi connectivity index (χ0v) is 16.0. The second kappa shape index (κ2) is 7.40. The molecule has 1 saturated carbocycles. The van der Waals surface area contributed by atoms with Gasteiger partial charge < -0.3 is 4.52 Å². The molecule has 2 aromatic carbocycles. The lowest BCUT2D eigenvalue weighted by Crippen LogP contribution is -2.41. The molecule has 1 aliphatic carbocycles. The molecule has 0 atom stereocenters. The minimum Gasteiger partial charge on any atom is -0.321 e. The van der Waals surface area contributed by atoms with Crippen molar-refractivity contribution in [3.05, 3.63) is 75.3 Å². The number of nitrogens with zero attached hydrogens (tertiary/aromatic N) is 2. The lowest BCUT2D eigenvalue weighted by atomic mass is 9.91. The van der Waals surface area contributed by atoms with Gasteiger partial charge in [-0.3, -0.25) is 4.90 Å². The van der Waals surface area contributed by atoms with Crippen molar-refractivity contribution < 1.29 is 4.52 Å². The molecule has 5 nitrogen and oxygen atoms in total. The van der Waals surface area contributed by atoms with Gasteiger partial charge in [-0.25, -0.2) is 4.79 Å². The Hall–Kier alpha value is -2.66. The lowest BCUT2D eigenvalue weighted by Gasteiger charge is -2.36. The van der Waals surface area contributed by atoms with E-state index in [0.717, 1.165) is 24.4 Å². The van der Waals surface area contributed by atoms with Gasteiger partial charge in [0.15, 0.2) is 5.82 Å². The van der Waals surface area contributed by atoms with Crippen molar-refractivity contribution in [2.75, 3.05) is 13.1 Å². The Morgan fingerprint density at radius 1 is 1.00 bits per heavy atom. The first-order valence-electron chi connectivity index (χ1n) is 10.2. The molecule has 0 bridgehead atoms. The summed E-state index contributed by atoms with van der Waals surface area (Å²) in [6, 6.07) is 16.0. The molecular weight excluding hydrogens is 350 g/mol. The van der Waals surface area contributed by atoms with E-state index in [0.29, 0.717) is 5.82 Å². The Labute approximate surface area is 164 Å². The molecule has 28 heavy (non-hydrogen) atoms.